The summed E-state index contributed by atoms with van der Waals surface area (Å²) in [4.78, 5) is 11.8. The standard InChI is InChI=1S/C12H19N3O3S.ClH/c1-7-4-5-10(6-11(7)19(14,17)18)15-12(16)8(2)9(3)13;/h4-6,8-9H,13H2,1-3H3,(H,15,16)(H2,14,17,18);1H. The van der Waals surface area contributed by atoms with Crippen LogP contribution in [0.4, 0.5) is 5.69 Å². The average Bonchev–Trinajstić information content (AvgIpc) is 2.28. The predicted molar refractivity (Wildman–Crippen MR) is 81.2 cm³/mol. The van der Waals surface area contributed by atoms with Crippen molar-refractivity contribution in [2.45, 2.75) is 31.7 Å². The molecule has 114 valence electrons. The number of carbonyl (C=O) groups excluding carboxylic acids is 1. The minimum absolute atomic E-state index is 0. The Balaban J connectivity index is 0.00000361. The molecule has 5 N–H and O–H groups in total. The number of nitrogens with two attached hydrogens (primary N) is 2. The van der Waals surface area contributed by atoms with Crippen molar-refractivity contribution in [2.75, 3.05) is 5.32 Å². The first-order chi connectivity index (χ1) is 8.62. The van der Waals surface area contributed by atoms with E-state index in [-0.39, 0.29) is 35.2 Å². The Morgan fingerprint density at radius 3 is 2.30 bits per heavy atom. The molecule has 0 spiro atoms. The number of sulfonamides is 1. The van der Waals surface area contributed by atoms with E-state index in [1.54, 1.807) is 32.9 Å². The van der Waals surface area contributed by atoms with E-state index in [0.29, 0.717) is 11.3 Å². The SMILES string of the molecule is Cc1ccc(NC(=O)C(C)C(C)N)cc1S(N)(=O)=O.Cl. The molecule has 8 heteroatoms. The molecule has 0 saturated heterocycles. The van der Waals surface area contributed by atoms with Gasteiger partial charge in [-0.25, -0.2) is 13.6 Å². The van der Waals surface area contributed by atoms with E-state index in [9.17, 15) is 13.2 Å². The van der Waals surface area contributed by atoms with E-state index in [1.165, 1.54) is 6.07 Å². The molecule has 6 nitrogen and oxygen atoms in total. The summed E-state index contributed by atoms with van der Waals surface area (Å²) in [5.74, 6) is -0.640. The van der Waals surface area contributed by atoms with Gasteiger partial charge in [0.25, 0.3) is 0 Å². The molecule has 1 aromatic rings. The lowest BCUT2D eigenvalue weighted by Gasteiger charge is -2.16. The molecular weight excluding hydrogens is 302 g/mol. The maximum absolute atomic E-state index is 11.8. The number of benzene rings is 1. The van der Waals surface area contributed by atoms with Gasteiger partial charge in [-0.05, 0) is 31.5 Å². The Bertz CT molecular complexity index is 588. The van der Waals surface area contributed by atoms with Crippen molar-refractivity contribution in [3.05, 3.63) is 23.8 Å². The predicted octanol–water partition coefficient (Wildman–Crippen LogP) is 0.986. The quantitative estimate of drug-likeness (QED) is 0.766. The van der Waals surface area contributed by atoms with Gasteiger partial charge in [0.1, 0.15) is 0 Å². The molecule has 2 unspecified atom stereocenters. The van der Waals surface area contributed by atoms with Crippen molar-refractivity contribution in [2.24, 2.45) is 16.8 Å². The van der Waals surface area contributed by atoms with Crippen LogP contribution >= 0.6 is 12.4 Å². The maximum Gasteiger partial charge on any atom is 0.238 e. The van der Waals surface area contributed by atoms with Crippen LogP contribution in [0.3, 0.4) is 0 Å². The lowest BCUT2D eigenvalue weighted by atomic mass is 10.0. The van der Waals surface area contributed by atoms with Gasteiger partial charge in [-0.2, -0.15) is 0 Å². The van der Waals surface area contributed by atoms with Crippen molar-refractivity contribution < 1.29 is 13.2 Å². The lowest BCUT2D eigenvalue weighted by Crippen LogP contribution is -2.34. The molecule has 20 heavy (non-hydrogen) atoms. The number of nitrogens with one attached hydrogen (secondary N) is 1. The first-order valence-corrected chi connectivity index (χ1v) is 7.37. The molecule has 0 aliphatic rings. The van der Waals surface area contributed by atoms with Crippen LogP contribution in [-0.4, -0.2) is 20.4 Å². The summed E-state index contributed by atoms with van der Waals surface area (Å²) in [6.07, 6.45) is 0. The van der Waals surface area contributed by atoms with Crippen LogP contribution in [0.1, 0.15) is 19.4 Å². The molecule has 0 bridgehead atoms. The van der Waals surface area contributed by atoms with Crippen LogP contribution in [0.15, 0.2) is 23.1 Å². The number of aryl methyl sites for hydroxylation is 1. The normalized spacial score (nSPS) is 14.1. The topological polar surface area (TPSA) is 115 Å². The number of rotatable bonds is 4. The van der Waals surface area contributed by atoms with Crippen LogP contribution < -0.4 is 16.2 Å². The Labute approximate surface area is 125 Å². The summed E-state index contributed by atoms with van der Waals surface area (Å²) in [5.41, 5.74) is 6.55. The zero-order valence-corrected chi connectivity index (χ0v) is 13.2. The van der Waals surface area contributed by atoms with Crippen LogP contribution in [0.2, 0.25) is 0 Å². The number of hydrogen-bond acceptors (Lipinski definition) is 4. The van der Waals surface area contributed by atoms with Crippen molar-refractivity contribution >= 4 is 34.0 Å². The maximum atomic E-state index is 11.8. The summed E-state index contributed by atoms with van der Waals surface area (Å²) in [6, 6.07) is 4.27. The second-order valence-electron chi connectivity index (χ2n) is 4.66. The minimum Gasteiger partial charge on any atom is -0.327 e. The van der Waals surface area contributed by atoms with E-state index < -0.39 is 10.0 Å². The molecule has 0 aliphatic heterocycles. The van der Waals surface area contributed by atoms with Crippen LogP contribution in [-0.2, 0) is 14.8 Å². The molecular formula is C12H20ClN3O3S. The van der Waals surface area contributed by atoms with E-state index >= 15 is 0 Å². The van der Waals surface area contributed by atoms with Gasteiger partial charge < -0.3 is 11.1 Å². The summed E-state index contributed by atoms with van der Waals surface area (Å²) >= 11 is 0. The Morgan fingerprint density at radius 1 is 1.30 bits per heavy atom. The van der Waals surface area contributed by atoms with Gasteiger partial charge >= 0.3 is 0 Å². The molecule has 1 rings (SSSR count). The van der Waals surface area contributed by atoms with Gasteiger partial charge in [0.05, 0.1) is 10.8 Å². The van der Waals surface area contributed by atoms with Crippen LogP contribution in [0.25, 0.3) is 0 Å². The van der Waals surface area contributed by atoms with Crippen LogP contribution in [0, 0.1) is 12.8 Å². The third-order valence-electron chi connectivity index (χ3n) is 2.96. The van der Waals surface area contributed by atoms with Gasteiger partial charge in [0, 0.05) is 11.7 Å². The first-order valence-electron chi connectivity index (χ1n) is 5.83. The lowest BCUT2D eigenvalue weighted by molar-refractivity contribution is -0.119. The Kier molecular flexibility index (Phi) is 6.63. The van der Waals surface area contributed by atoms with Gasteiger partial charge in [-0.15, -0.1) is 12.4 Å². The summed E-state index contributed by atoms with van der Waals surface area (Å²) in [7, 11) is -3.80. The fourth-order valence-electron chi connectivity index (χ4n) is 1.48. The van der Waals surface area contributed by atoms with Crippen molar-refractivity contribution in [3.63, 3.8) is 0 Å². The highest BCUT2D eigenvalue weighted by Crippen LogP contribution is 2.19. The number of halogens is 1. The molecule has 0 saturated carbocycles. The number of hydrogen-bond donors (Lipinski definition) is 3. The van der Waals surface area contributed by atoms with E-state index in [4.69, 9.17) is 10.9 Å². The highest BCUT2D eigenvalue weighted by atomic mass is 35.5. The molecule has 0 aliphatic carbocycles. The van der Waals surface area contributed by atoms with Gasteiger partial charge in [-0.3, -0.25) is 4.79 Å². The number of anilines is 1. The van der Waals surface area contributed by atoms with Crippen molar-refractivity contribution in [1.29, 1.82) is 0 Å². The van der Waals surface area contributed by atoms with E-state index in [0.717, 1.165) is 0 Å². The zero-order chi connectivity index (χ0) is 14.8. The molecule has 0 heterocycles. The Morgan fingerprint density at radius 2 is 1.85 bits per heavy atom. The summed E-state index contributed by atoms with van der Waals surface area (Å²) < 4.78 is 22.8. The smallest absolute Gasteiger partial charge is 0.238 e. The second kappa shape index (κ2) is 7.03. The number of carbonyl (C=O) groups is 1. The third kappa shape index (κ3) is 4.75. The molecule has 0 radical (unpaired) electrons. The summed E-state index contributed by atoms with van der Waals surface area (Å²) in [5, 5.41) is 7.73. The van der Waals surface area contributed by atoms with E-state index in [1.807, 2.05) is 0 Å². The molecule has 1 amide bonds. The summed E-state index contributed by atoms with van der Waals surface area (Å²) in [6.45, 7) is 5.07. The zero-order valence-electron chi connectivity index (χ0n) is 11.6. The molecule has 0 fully saturated rings. The second-order valence-corrected chi connectivity index (χ2v) is 6.19. The van der Waals surface area contributed by atoms with Crippen molar-refractivity contribution in [3.8, 4) is 0 Å². The number of primary sulfonamides is 1. The highest BCUT2D eigenvalue weighted by molar-refractivity contribution is 7.89. The molecule has 2 atom stereocenters. The van der Waals surface area contributed by atoms with Gasteiger partial charge in [-0.1, -0.05) is 13.0 Å². The monoisotopic (exact) mass is 321 g/mol. The number of amides is 1. The third-order valence-corrected chi connectivity index (χ3v) is 4.02. The van der Waals surface area contributed by atoms with Gasteiger partial charge in [0.15, 0.2) is 0 Å². The first kappa shape index (κ1) is 18.9. The fourth-order valence-corrected chi connectivity index (χ4v) is 2.29. The fraction of sp³-hybridized carbons (Fsp3) is 0.417. The van der Waals surface area contributed by atoms with Crippen LogP contribution in [0.5, 0.6) is 0 Å². The average molecular weight is 322 g/mol. The van der Waals surface area contributed by atoms with E-state index in [2.05, 4.69) is 5.32 Å². The minimum atomic E-state index is -3.80. The van der Waals surface area contributed by atoms with Crippen molar-refractivity contribution in [1.82, 2.24) is 0 Å². The largest absolute Gasteiger partial charge is 0.327 e. The van der Waals surface area contributed by atoms with Gasteiger partial charge in [0.2, 0.25) is 15.9 Å². The molecule has 0 aromatic heterocycles. The Hall–Kier alpha value is -1.15. The molecule has 1 aromatic carbocycles. The highest BCUT2D eigenvalue weighted by Gasteiger charge is 2.18.